The van der Waals surface area contributed by atoms with E-state index in [1.54, 1.807) is 0 Å². The first-order chi connectivity index (χ1) is 6.88. The van der Waals surface area contributed by atoms with Crippen LogP contribution in [0.1, 0.15) is 40.5 Å². The molecule has 1 heterocycles. The summed E-state index contributed by atoms with van der Waals surface area (Å²) < 4.78 is 5.83. The van der Waals surface area contributed by atoms with Crippen molar-refractivity contribution in [1.29, 1.82) is 0 Å². The molecule has 1 rings (SSSR count). The molecule has 0 spiro atoms. The molecule has 3 heteroatoms. The van der Waals surface area contributed by atoms with Crippen molar-refractivity contribution in [2.45, 2.75) is 58.8 Å². The molecule has 1 saturated heterocycles. The van der Waals surface area contributed by atoms with Gasteiger partial charge in [0, 0.05) is 19.1 Å². The van der Waals surface area contributed by atoms with Crippen LogP contribution in [-0.4, -0.2) is 31.3 Å². The highest BCUT2D eigenvalue weighted by Gasteiger charge is 2.25. The predicted molar refractivity (Wildman–Crippen MR) is 63.9 cm³/mol. The first-order valence-corrected chi connectivity index (χ1v) is 6.00. The lowest BCUT2D eigenvalue weighted by Crippen LogP contribution is -2.46. The molecule has 0 aromatic carbocycles. The van der Waals surface area contributed by atoms with Crippen LogP contribution in [0.3, 0.4) is 0 Å². The van der Waals surface area contributed by atoms with Gasteiger partial charge in [-0.25, -0.2) is 0 Å². The number of nitrogens with two attached hydrogens (primary N) is 1. The fourth-order valence-corrected chi connectivity index (χ4v) is 1.84. The Morgan fingerprint density at radius 3 is 2.53 bits per heavy atom. The molecule has 3 nitrogen and oxygen atoms in total. The Hall–Kier alpha value is -0.120. The molecule has 0 aromatic rings. The van der Waals surface area contributed by atoms with E-state index in [2.05, 4.69) is 33.0 Å². The van der Waals surface area contributed by atoms with Crippen LogP contribution < -0.4 is 11.1 Å². The van der Waals surface area contributed by atoms with Crippen LogP contribution in [0.5, 0.6) is 0 Å². The van der Waals surface area contributed by atoms with Gasteiger partial charge in [-0.2, -0.15) is 0 Å². The van der Waals surface area contributed by atoms with Gasteiger partial charge in [0.1, 0.15) is 0 Å². The van der Waals surface area contributed by atoms with E-state index >= 15 is 0 Å². The molecular formula is C12H26N2O. The minimum atomic E-state index is 0.209. The molecule has 0 amide bonds. The second kappa shape index (κ2) is 5.28. The summed E-state index contributed by atoms with van der Waals surface area (Å²) in [5.41, 5.74) is 6.24. The van der Waals surface area contributed by atoms with Crippen molar-refractivity contribution >= 4 is 0 Å². The highest BCUT2D eigenvalue weighted by atomic mass is 16.5. The maximum absolute atomic E-state index is 5.89. The molecule has 0 aromatic heterocycles. The second-order valence-corrected chi connectivity index (χ2v) is 5.90. The quantitative estimate of drug-likeness (QED) is 0.749. The fraction of sp³-hybridized carbons (Fsp3) is 1.00. The maximum atomic E-state index is 5.89. The Morgan fingerprint density at radius 2 is 2.00 bits per heavy atom. The van der Waals surface area contributed by atoms with Crippen LogP contribution in [0.4, 0.5) is 0 Å². The van der Waals surface area contributed by atoms with Gasteiger partial charge in [0.25, 0.3) is 0 Å². The molecule has 1 aliphatic rings. The van der Waals surface area contributed by atoms with Gasteiger partial charge in [-0.3, -0.25) is 0 Å². The molecule has 15 heavy (non-hydrogen) atoms. The SMILES string of the molecule is CC1OC(CNCC(C)(C)C)CCC1N. The van der Waals surface area contributed by atoms with Crippen LogP contribution in [-0.2, 0) is 4.74 Å². The van der Waals surface area contributed by atoms with Crippen LogP contribution in [0.2, 0.25) is 0 Å². The minimum absolute atomic E-state index is 0.209. The maximum Gasteiger partial charge on any atom is 0.0704 e. The zero-order valence-corrected chi connectivity index (χ0v) is 10.5. The summed E-state index contributed by atoms with van der Waals surface area (Å²) in [6, 6.07) is 0.226. The smallest absolute Gasteiger partial charge is 0.0704 e. The lowest BCUT2D eigenvalue weighted by atomic mass is 9.96. The molecule has 0 saturated carbocycles. The van der Waals surface area contributed by atoms with Crippen molar-refractivity contribution in [2.24, 2.45) is 11.1 Å². The van der Waals surface area contributed by atoms with Gasteiger partial charge in [-0.15, -0.1) is 0 Å². The highest BCUT2D eigenvalue weighted by molar-refractivity contribution is 4.80. The van der Waals surface area contributed by atoms with Crippen LogP contribution in [0, 0.1) is 5.41 Å². The van der Waals surface area contributed by atoms with E-state index in [-0.39, 0.29) is 12.1 Å². The summed E-state index contributed by atoms with van der Waals surface area (Å²) in [5.74, 6) is 0. The van der Waals surface area contributed by atoms with E-state index in [0.29, 0.717) is 11.5 Å². The Labute approximate surface area is 93.8 Å². The van der Waals surface area contributed by atoms with Gasteiger partial charge in [0.05, 0.1) is 12.2 Å². The Balaban J connectivity index is 2.17. The molecule has 3 N–H and O–H groups in total. The van der Waals surface area contributed by atoms with Gasteiger partial charge < -0.3 is 15.8 Å². The number of hydrogen-bond donors (Lipinski definition) is 2. The summed E-state index contributed by atoms with van der Waals surface area (Å²) in [6.07, 6.45) is 2.73. The van der Waals surface area contributed by atoms with Crippen molar-refractivity contribution in [3.8, 4) is 0 Å². The largest absolute Gasteiger partial charge is 0.372 e. The first kappa shape index (κ1) is 12.9. The molecule has 0 bridgehead atoms. The molecule has 3 unspecified atom stereocenters. The zero-order chi connectivity index (χ0) is 11.5. The number of rotatable bonds is 3. The van der Waals surface area contributed by atoms with Gasteiger partial charge in [0.15, 0.2) is 0 Å². The number of nitrogens with one attached hydrogen (secondary N) is 1. The number of hydrogen-bond acceptors (Lipinski definition) is 3. The Bertz CT molecular complexity index is 189. The molecule has 1 fully saturated rings. The van der Waals surface area contributed by atoms with Gasteiger partial charge in [-0.05, 0) is 25.2 Å². The Kier molecular flexibility index (Phi) is 4.56. The molecule has 1 aliphatic heterocycles. The summed E-state index contributed by atoms with van der Waals surface area (Å²) in [7, 11) is 0. The molecule has 0 radical (unpaired) electrons. The molecule has 3 atom stereocenters. The van der Waals surface area contributed by atoms with Gasteiger partial charge in [-0.1, -0.05) is 20.8 Å². The summed E-state index contributed by atoms with van der Waals surface area (Å²) >= 11 is 0. The molecular weight excluding hydrogens is 188 g/mol. The topological polar surface area (TPSA) is 47.3 Å². The lowest BCUT2D eigenvalue weighted by molar-refractivity contribution is -0.0498. The minimum Gasteiger partial charge on any atom is -0.372 e. The third kappa shape index (κ3) is 4.96. The molecule has 0 aliphatic carbocycles. The average molecular weight is 214 g/mol. The Morgan fingerprint density at radius 1 is 1.33 bits per heavy atom. The zero-order valence-electron chi connectivity index (χ0n) is 10.5. The highest BCUT2D eigenvalue weighted by Crippen LogP contribution is 2.18. The lowest BCUT2D eigenvalue weighted by Gasteiger charge is -2.33. The van der Waals surface area contributed by atoms with Gasteiger partial charge in [0.2, 0.25) is 0 Å². The summed E-state index contributed by atoms with van der Waals surface area (Å²) in [4.78, 5) is 0. The third-order valence-electron chi connectivity index (χ3n) is 2.86. The van der Waals surface area contributed by atoms with Gasteiger partial charge >= 0.3 is 0 Å². The van der Waals surface area contributed by atoms with E-state index in [1.807, 2.05) is 0 Å². The molecule has 90 valence electrons. The fourth-order valence-electron chi connectivity index (χ4n) is 1.84. The number of ether oxygens (including phenoxy) is 1. The monoisotopic (exact) mass is 214 g/mol. The first-order valence-electron chi connectivity index (χ1n) is 6.00. The van der Waals surface area contributed by atoms with Crippen LogP contribution in [0.25, 0.3) is 0 Å². The summed E-state index contributed by atoms with van der Waals surface area (Å²) in [5, 5.41) is 3.46. The van der Waals surface area contributed by atoms with Crippen LogP contribution in [0.15, 0.2) is 0 Å². The van der Waals surface area contributed by atoms with Crippen molar-refractivity contribution in [1.82, 2.24) is 5.32 Å². The standard InChI is InChI=1S/C12H26N2O/c1-9-11(13)6-5-10(15-9)7-14-8-12(2,3)4/h9-11,14H,5-8,13H2,1-4H3. The van der Waals surface area contributed by atoms with Crippen LogP contribution >= 0.6 is 0 Å². The second-order valence-electron chi connectivity index (χ2n) is 5.90. The third-order valence-corrected chi connectivity index (χ3v) is 2.86. The van der Waals surface area contributed by atoms with E-state index in [0.717, 1.165) is 25.9 Å². The van der Waals surface area contributed by atoms with E-state index < -0.39 is 0 Å². The van der Waals surface area contributed by atoms with Crippen molar-refractivity contribution in [2.75, 3.05) is 13.1 Å². The van der Waals surface area contributed by atoms with E-state index in [4.69, 9.17) is 10.5 Å². The summed E-state index contributed by atoms with van der Waals surface area (Å²) in [6.45, 7) is 10.8. The van der Waals surface area contributed by atoms with E-state index in [9.17, 15) is 0 Å². The average Bonchev–Trinajstić information content (AvgIpc) is 2.09. The van der Waals surface area contributed by atoms with Crippen molar-refractivity contribution < 1.29 is 4.74 Å². The van der Waals surface area contributed by atoms with Crippen molar-refractivity contribution in [3.05, 3.63) is 0 Å². The van der Waals surface area contributed by atoms with Crippen molar-refractivity contribution in [3.63, 3.8) is 0 Å². The normalized spacial score (nSPS) is 33.0. The predicted octanol–water partition coefficient (Wildman–Crippen LogP) is 1.52. The van der Waals surface area contributed by atoms with E-state index in [1.165, 1.54) is 0 Å².